The molecule has 5 heteroatoms. The van der Waals surface area contributed by atoms with E-state index in [0.717, 1.165) is 12.0 Å². The van der Waals surface area contributed by atoms with Crippen molar-refractivity contribution in [3.63, 3.8) is 0 Å². The van der Waals surface area contributed by atoms with Gasteiger partial charge in [-0.05, 0) is 48.4 Å². The molecule has 0 aliphatic heterocycles. The molecule has 1 amide bonds. The van der Waals surface area contributed by atoms with Gasteiger partial charge in [-0.1, -0.05) is 0 Å². The number of carboxylic acid groups (broad SMARTS) is 1. The van der Waals surface area contributed by atoms with Crippen LogP contribution in [0.5, 0.6) is 0 Å². The van der Waals surface area contributed by atoms with Gasteiger partial charge in [-0.2, -0.15) is 0 Å². The molecule has 102 valence electrons. The van der Waals surface area contributed by atoms with Crippen molar-refractivity contribution < 1.29 is 14.7 Å². The molecule has 0 radical (unpaired) electrons. The van der Waals surface area contributed by atoms with E-state index in [2.05, 4.69) is 10.3 Å². The van der Waals surface area contributed by atoms with Gasteiger partial charge in [-0.15, -0.1) is 0 Å². The molecule has 0 saturated carbocycles. The molecule has 2 aromatic rings. The van der Waals surface area contributed by atoms with E-state index in [1.165, 1.54) is 24.3 Å². The van der Waals surface area contributed by atoms with Crippen LogP contribution in [0, 0.1) is 0 Å². The first-order valence-corrected chi connectivity index (χ1v) is 6.17. The number of hydrogen-bond donors (Lipinski definition) is 2. The Labute approximate surface area is 116 Å². The van der Waals surface area contributed by atoms with Crippen molar-refractivity contribution in [1.82, 2.24) is 10.3 Å². The van der Waals surface area contributed by atoms with E-state index < -0.39 is 5.97 Å². The van der Waals surface area contributed by atoms with Crippen LogP contribution in [0.15, 0.2) is 48.8 Å². The topological polar surface area (TPSA) is 79.3 Å². The fraction of sp³-hybridized carbons (Fsp3) is 0.133. The smallest absolute Gasteiger partial charge is 0.335 e. The van der Waals surface area contributed by atoms with Crippen LogP contribution in [0.2, 0.25) is 0 Å². The summed E-state index contributed by atoms with van der Waals surface area (Å²) >= 11 is 0. The van der Waals surface area contributed by atoms with E-state index >= 15 is 0 Å². The summed E-state index contributed by atoms with van der Waals surface area (Å²) in [5.74, 6) is -1.22. The number of hydrogen-bond acceptors (Lipinski definition) is 3. The summed E-state index contributed by atoms with van der Waals surface area (Å²) < 4.78 is 0. The maximum Gasteiger partial charge on any atom is 0.335 e. The average Bonchev–Trinajstić information content (AvgIpc) is 2.48. The summed E-state index contributed by atoms with van der Waals surface area (Å²) in [4.78, 5) is 26.5. The van der Waals surface area contributed by atoms with Crippen LogP contribution in [0.3, 0.4) is 0 Å². The molecule has 1 aromatic carbocycles. The van der Waals surface area contributed by atoms with Gasteiger partial charge >= 0.3 is 5.97 Å². The molecule has 0 fully saturated rings. The van der Waals surface area contributed by atoms with Crippen LogP contribution < -0.4 is 5.32 Å². The highest BCUT2D eigenvalue weighted by atomic mass is 16.4. The molecular weight excluding hydrogens is 256 g/mol. The van der Waals surface area contributed by atoms with Crippen molar-refractivity contribution in [2.75, 3.05) is 6.54 Å². The highest BCUT2D eigenvalue weighted by molar-refractivity contribution is 5.95. The van der Waals surface area contributed by atoms with Crippen LogP contribution in [0.4, 0.5) is 0 Å². The molecule has 1 heterocycles. The van der Waals surface area contributed by atoms with Crippen LogP contribution in [-0.2, 0) is 6.42 Å². The van der Waals surface area contributed by atoms with Crippen molar-refractivity contribution in [2.24, 2.45) is 0 Å². The highest BCUT2D eigenvalue weighted by Crippen LogP contribution is 2.04. The normalized spacial score (nSPS) is 10.0. The highest BCUT2D eigenvalue weighted by Gasteiger charge is 2.07. The average molecular weight is 270 g/mol. The van der Waals surface area contributed by atoms with Gasteiger partial charge in [0.1, 0.15) is 0 Å². The van der Waals surface area contributed by atoms with Gasteiger partial charge in [0.25, 0.3) is 5.91 Å². The van der Waals surface area contributed by atoms with E-state index in [9.17, 15) is 9.59 Å². The summed E-state index contributed by atoms with van der Waals surface area (Å²) in [5, 5.41) is 11.6. The van der Waals surface area contributed by atoms with Gasteiger partial charge in [0, 0.05) is 24.5 Å². The van der Waals surface area contributed by atoms with Crippen molar-refractivity contribution in [1.29, 1.82) is 0 Å². The minimum absolute atomic E-state index is 0.165. The van der Waals surface area contributed by atoms with Gasteiger partial charge in [-0.3, -0.25) is 9.78 Å². The van der Waals surface area contributed by atoms with Gasteiger partial charge in [-0.25, -0.2) is 4.79 Å². The number of aromatic nitrogens is 1. The number of carbonyl (C=O) groups excluding carboxylic acids is 1. The number of aromatic carboxylic acids is 1. The largest absolute Gasteiger partial charge is 0.478 e. The molecule has 0 aliphatic rings. The predicted molar refractivity (Wildman–Crippen MR) is 73.7 cm³/mol. The first-order chi connectivity index (χ1) is 9.66. The van der Waals surface area contributed by atoms with Crippen molar-refractivity contribution >= 4 is 11.9 Å². The fourth-order valence-corrected chi connectivity index (χ4v) is 1.74. The molecule has 0 aliphatic carbocycles. The molecule has 5 nitrogen and oxygen atoms in total. The zero-order valence-electron chi connectivity index (χ0n) is 10.7. The Kier molecular flexibility index (Phi) is 4.44. The number of benzene rings is 1. The summed E-state index contributed by atoms with van der Waals surface area (Å²) in [6, 6.07) is 9.64. The van der Waals surface area contributed by atoms with Crippen molar-refractivity contribution in [2.45, 2.75) is 6.42 Å². The van der Waals surface area contributed by atoms with E-state index in [-0.39, 0.29) is 11.5 Å². The Morgan fingerprint density at radius 2 is 1.60 bits per heavy atom. The SMILES string of the molecule is O=C(O)c1ccc(C(=O)NCCc2ccncc2)cc1. The maximum absolute atomic E-state index is 11.8. The molecule has 2 rings (SSSR count). The van der Waals surface area contributed by atoms with Crippen molar-refractivity contribution in [3.05, 3.63) is 65.5 Å². The first-order valence-electron chi connectivity index (χ1n) is 6.17. The summed E-state index contributed by atoms with van der Waals surface area (Å²) in [6.07, 6.45) is 4.14. The number of carbonyl (C=O) groups is 2. The second-order valence-corrected chi connectivity index (χ2v) is 4.24. The molecule has 1 aromatic heterocycles. The summed E-state index contributed by atoms with van der Waals surface area (Å²) in [7, 11) is 0. The second kappa shape index (κ2) is 6.47. The molecule has 0 saturated heterocycles. The number of carboxylic acids is 1. The zero-order valence-corrected chi connectivity index (χ0v) is 10.7. The molecule has 20 heavy (non-hydrogen) atoms. The van der Waals surface area contributed by atoms with Gasteiger partial charge in [0.2, 0.25) is 0 Å². The third-order valence-electron chi connectivity index (χ3n) is 2.84. The van der Waals surface area contributed by atoms with Crippen LogP contribution in [0.1, 0.15) is 26.3 Å². The number of amides is 1. The summed E-state index contributed by atoms with van der Waals surface area (Å²) in [5.41, 5.74) is 1.71. The Balaban J connectivity index is 1.87. The molecular formula is C15H14N2O3. The molecule has 0 unspecified atom stereocenters. The molecule has 0 atom stereocenters. The molecule has 2 N–H and O–H groups in total. The lowest BCUT2D eigenvalue weighted by Crippen LogP contribution is -2.25. The lowest BCUT2D eigenvalue weighted by Gasteiger charge is -2.05. The first kappa shape index (κ1) is 13.7. The van der Waals surface area contributed by atoms with Gasteiger partial charge in [0.05, 0.1) is 5.56 Å². The molecule has 0 spiro atoms. The van der Waals surface area contributed by atoms with E-state index in [1.807, 2.05) is 12.1 Å². The van der Waals surface area contributed by atoms with Crippen LogP contribution >= 0.6 is 0 Å². The standard InChI is InChI=1S/C15H14N2O3/c18-14(12-1-3-13(4-2-12)15(19)20)17-10-7-11-5-8-16-9-6-11/h1-6,8-9H,7,10H2,(H,17,18)(H,19,20). The van der Waals surface area contributed by atoms with Crippen molar-refractivity contribution in [3.8, 4) is 0 Å². The van der Waals surface area contributed by atoms with Gasteiger partial charge in [0.15, 0.2) is 0 Å². The quantitative estimate of drug-likeness (QED) is 0.867. The number of rotatable bonds is 5. The number of nitrogens with one attached hydrogen (secondary N) is 1. The van der Waals surface area contributed by atoms with Crippen LogP contribution in [0.25, 0.3) is 0 Å². The number of pyridine rings is 1. The van der Waals surface area contributed by atoms with E-state index in [4.69, 9.17) is 5.11 Å². The summed E-state index contributed by atoms with van der Waals surface area (Å²) in [6.45, 7) is 0.517. The molecule has 0 bridgehead atoms. The van der Waals surface area contributed by atoms with E-state index in [1.54, 1.807) is 12.4 Å². The third kappa shape index (κ3) is 3.65. The monoisotopic (exact) mass is 270 g/mol. The Hall–Kier alpha value is -2.69. The predicted octanol–water partition coefficient (Wildman–Crippen LogP) is 1.75. The lowest BCUT2D eigenvalue weighted by atomic mass is 10.1. The van der Waals surface area contributed by atoms with Gasteiger partial charge < -0.3 is 10.4 Å². The Morgan fingerprint density at radius 3 is 2.20 bits per heavy atom. The number of nitrogens with zero attached hydrogens (tertiary/aromatic N) is 1. The second-order valence-electron chi connectivity index (χ2n) is 4.24. The lowest BCUT2D eigenvalue weighted by molar-refractivity contribution is 0.0696. The zero-order chi connectivity index (χ0) is 14.4. The maximum atomic E-state index is 11.8. The Bertz CT molecular complexity index is 594. The van der Waals surface area contributed by atoms with E-state index in [0.29, 0.717) is 12.1 Å². The minimum Gasteiger partial charge on any atom is -0.478 e. The Morgan fingerprint density at radius 1 is 1.00 bits per heavy atom. The third-order valence-corrected chi connectivity index (χ3v) is 2.84. The minimum atomic E-state index is -1.00. The van der Waals surface area contributed by atoms with Crippen LogP contribution in [-0.4, -0.2) is 28.5 Å². The fourth-order valence-electron chi connectivity index (χ4n) is 1.74.